The third-order valence-corrected chi connectivity index (χ3v) is 3.61. The summed E-state index contributed by atoms with van der Waals surface area (Å²) < 4.78 is 5.68. The van der Waals surface area contributed by atoms with E-state index in [0.29, 0.717) is 13.2 Å². The number of aliphatic hydroxyl groups excluding tert-OH is 3. The van der Waals surface area contributed by atoms with Gasteiger partial charge in [0, 0.05) is 38.8 Å². The second kappa shape index (κ2) is 13.4. The summed E-state index contributed by atoms with van der Waals surface area (Å²) in [5.41, 5.74) is 0. The van der Waals surface area contributed by atoms with Crippen LogP contribution in [0.1, 0.15) is 40.0 Å². The Kier molecular flexibility index (Phi) is 12.8. The molecular weight excluding hydrogens is 300 g/mol. The van der Waals surface area contributed by atoms with Crippen LogP contribution in [0.25, 0.3) is 0 Å². The summed E-state index contributed by atoms with van der Waals surface area (Å²) in [6.45, 7) is 5.86. The van der Waals surface area contributed by atoms with Crippen molar-refractivity contribution >= 4 is 12.1 Å². The van der Waals surface area contributed by atoms with Crippen LogP contribution in [0, 0.1) is 5.92 Å². The Bertz CT molecular complexity index is 338. The van der Waals surface area contributed by atoms with E-state index in [1.54, 1.807) is 13.1 Å². The molecule has 0 spiro atoms. The van der Waals surface area contributed by atoms with Crippen LogP contribution in [0.15, 0.2) is 4.99 Å². The Morgan fingerprint density at radius 3 is 2.52 bits per heavy atom. The van der Waals surface area contributed by atoms with Crippen molar-refractivity contribution in [3.8, 4) is 0 Å². The molecule has 4 atom stereocenters. The zero-order chi connectivity index (χ0) is 17.7. The van der Waals surface area contributed by atoms with Crippen LogP contribution in [-0.4, -0.2) is 72.1 Å². The van der Waals surface area contributed by atoms with Gasteiger partial charge < -0.3 is 25.4 Å². The van der Waals surface area contributed by atoms with Gasteiger partial charge in [0.25, 0.3) is 0 Å². The summed E-state index contributed by atoms with van der Waals surface area (Å²) in [5, 5.41) is 30.5. The first-order valence-corrected chi connectivity index (χ1v) is 8.26. The molecule has 23 heavy (non-hydrogen) atoms. The number of ether oxygens (including phenoxy) is 1. The van der Waals surface area contributed by atoms with E-state index >= 15 is 0 Å². The number of nitrogens with zero attached hydrogens (tertiary/aromatic N) is 1. The molecule has 7 heteroatoms. The minimum absolute atomic E-state index is 0.182. The first-order valence-electron chi connectivity index (χ1n) is 8.26. The molecule has 0 aromatic carbocycles. The lowest BCUT2D eigenvalue weighted by atomic mass is 9.93. The zero-order valence-corrected chi connectivity index (χ0v) is 14.4. The molecule has 0 aromatic rings. The standard InChI is InChI=1S/C16H32N2O5/c1-4-23-16(12(2)15(22)11-20)14(18-13(3)21)10-17-8-6-5-7-9-19/h10,12,14-16,19-20,22H,4-9,11H2,1-3H3,(H,18,21)/t12-,14?,15?,16-/m1/s1. The highest BCUT2D eigenvalue weighted by atomic mass is 16.5. The highest BCUT2D eigenvalue weighted by Crippen LogP contribution is 2.16. The van der Waals surface area contributed by atoms with Crippen molar-refractivity contribution in [3.63, 3.8) is 0 Å². The van der Waals surface area contributed by atoms with Gasteiger partial charge in [-0.3, -0.25) is 9.79 Å². The van der Waals surface area contributed by atoms with E-state index in [9.17, 15) is 9.90 Å². The van der Waals surface area contributed by atoms with E-state index in [-0.39, 0.29) is 25.0 Å². The number of rotatable bonds is 13. The summed E-state index contributed by atoms with van der Waals surface area (Å²) in [7, 11) is 0. The number of aliphatic imine (C=N–C) groups is 1. The Morgan fingerprint density at radius 1 is 1.30 bits per heavy atom. The van der Waals surface area contributed by atoms with Crippen LogP contribution < -0.4 is 5.32 Å². The molecule has 0 rings (SSSR count). The van der Waals surface area contributed by atoms with Crippen LogP contribution in [0.4, 0.5) is 0 Å². The lowest BCUT2D eigenvalue weighted by molar-refractivity contribution is -0.121. The normalized spacial score (nSPS) is 17.0. The first kappa shape index (κ1) is 22.0. The SMILES string of the molecule is CCO[C@@H](C(C=NCCCCCO)NC(C)=O)[C@H](C)C(O)CO. The van der Waals surface area contributed by atoms with Gasteiger partial charge in [0.2, 0.25) is 5.91 Å². The van der Waals surface area contributed by atoms with E-state index < -0.39 is 18.2 Å². The maximum Gasteiger partial charge on any atom is 0.217 e. The van der Waals surface area contributed by atoms with Crippen molar-refractivity contribution in [2.24, 2.45) is 10.9 Å². The molecule has 2 unspecified atom stereocenters. The predicted molar refractivity (Wildman–Crippen MR) is 89.6 cm³/mol. The number of unbranched alkanes of at least 4 members (excludes halogenated alkanes) is 2. The number of nitrogens with one attached hydrogen (secondary N) is 1. The van der Waals surface area contributed by atoms with Gasteiger partial charge in [-0.2, -0.15) is 0 Å². The van der Waals surface area contributed by atoms with Crippen molar-refractivity contribution in [2.45, 2.75) is 58.3 Å². The number of hydrogen-bond acceptors (Lipinski definition) is 6. The van der Waals surface area contributed by atoms with Crippen LogP contribution in [-0.2, 0) is 9.53 Å². The van der Waals surface area contributed by atoms with Crippen LogP contribution in [0.2, 0.25) is 0 Å². The Labute approximate surface area is 138 Å². The minimum Gasteiger partial charge on any atom is -0.396 e. The molecule has 0 aliphatic rings. The molecule has 0 fully saturated rings. The topological polar surface area (TPSA) is 111 Å². The highest BCUT2D eigenvalue weighted by molar-refractivity contribution is 5.79. The summed E-state index contributed by atoms with van der Waals surface area (Å²) in [6, 6.07) is -0.471. The van der Waals surface area contributed by atoms with E-state index in [2.05, 4.69) is 10.3 Å². The van der Waals surface area contributed by atoms with Gasteiger partial charge in [0.15, 0.2) is 0 Å². The molecular formula is C16H32N2O5. The maximum atomic E-state index is 11.4. The number of aliphatic hydroxyl groups is 3. The fourth-order valence-corrected chi connectivity index (χ4v) is 2.28. The molecule has 0 aromatic heterocycles. The van der Waals surface area contributed by atoms with E-state index in [1.165, 1.54) is 6.92 Å². The second-order valence-corrected chi connectivity index (χ2v) is 5.59. The number of carbonyl (C=O) groups excluding carboxylic acids is 1. The molecule has 1 amide bonds. The molecule has 7 nitrogen and oxygen atoms in total. The van der Waals surface area contributed by atoms with Gasteiger partial charge in [-0.1, -0.05) is 6.92 Å². The van der Waals surface area contributed by atoms with E-state index in [4.69, 9.17) is 14.9 Å². The monoisotopic (exact) mass is 332 g/mol. The molecule has 0 saturated heterocycles. The van der Waals surface area contributed by atoms with Crippen molar-refractivity contribution < 1.29 is 24.9 Å². The molecule has 0 bridgehead atoms. The van der Waals surface area contributed by atoms with E-state index in [1.807, 2.05) is 6.92 Å². The van der Waals surface area contributed by atoms with Gasteiger partial charge in [-0.25, -0.2) is 0 Å². The number of amides is 1. The average molecular weight is 332 g/mol. The molecule has 4 N–H and O–H groups in total. The van der Waals surface area contributed by atoms with Gasteiger partial charge in [-0.15, -0.1) is 0 Å². The molecule has 0 radical (unpaired) electrons. The second-order valence-electron chi connectivity index (χ2n) is 5.59. The average Bonchev–Trinajstić information content (AvgIpc) is 2.53. The van der Waals surface area contributed by atoms with Crippen LogP contribution in [0.5, 0.6) is 0 Å². The van der Waals surface area contributed by atoms with Crippen molar-refractivity contribution in [1.29, 1.82) is 0 Å². The van der Waals surface area contributed by atoms with Gasteiger partial charge in [-0.05, 0) is 26.2 Å². The predicted octanol–water partition coefficient (Wildman–Crippen LogP) is 0.119. The fraction of sp³-hybridized carbons (Fsp3) is 0.875. The molecule has 0 aliphatic heterocycles. The summed E-state index contributed by atoms with van der Waals surface area (Å²) >= 11 is 0. The lowest BCUT2D eigenvalue weighted by Gasteiger charge is -2.32. The summed E-state index contributed by atoms with van der Waals surface area (Å²) in [4.78, 5) is 15.8. The van der Waals surface area contributed by atoms with Crippen molar-refractivity contribution in [1.82, 2.24) is 5.32 Å². The van der Waals surface area contributed by atoms with Gasteiger partial charge in [0.05, 0.1) is 24.9 Å². The van der Waals surface area contributed by atoms with Gasteiger partial charge in [0.1, 0.15) is 0 Å². The van der Waals surface area contributed by atoms with Crippen LogP contribution in [0.3, 0.4) is 0 Å². The van der Waals surface area contributed by atoms with Crippen molar-refractivity contribution in [3.05, 3.63) is 0 Å². The minimum atomic E-state index is -0.930. The van der Waals surface area contributed by atoms with Gasteiger partial charge >= 0.3 is 0 Å². The summed E-state index contributed by atoms with van der Waals surface area (Å²) in [5.74, 6) is -0.574. The van der Waals surface area contributed by atoms with Crippen molar-refractivity contribution in [2.75, 3.05) is 26.4 Å². The quantitative estimate of drug-likeness (QED) is 0.283. The fourth-order valence-electron chi connectivity index (χ4n) is 2.28. The maximum absolute atomic E-state index is 11.4. The lowest BCUT2D eigenvalue weighted by Crippen LogP contribution is -2.50. The largest absolute Gasteiger partial charge is 0.396 e. The highest BCUT2D eigenvalue weighted by Gasteiger charge is 2.31. The zero-order valence-electron chi connectivity index (χ0n) is 14.4. The third kappa shape index (κ3) is 9.65. The smallest absolute Gasteiger partial charge is 0.217 e. The third-order valence-electron chi connectivity index (χ3n) is 3.61. The molecule has 0 saturated carbocycles. The van der Waals surface area contributed by atoms with Crippen LogP contribution >= 0.6 is 0 Å². The first-order chi connectivity index (χ1) is 11.0. The van der Waals surface area contributed by atoms with E-state index in [0.717, 1.165) is 19.3 Å². The summed E-state index contributed by atoms with van der Waals surface area (Å²) in [6.07, 6.45) is 2.74. The Balaban J connectivity index is 4.84. The Morgan fingerprint density at radius 2 is 2.00 bits per heavy atom. The number of hydrogen-bond donors (Lipinski definition) is 4. The molecule has 0 heterocycles. The molecule has 0 aliphatic carbocycles. The Hall–Kier alpha value is -1.02. The number of carbonyl (C=O) groups is 1. The molecule has 136 valence electrons.